The fraction of sp³-hybridized carbons (Fsp3) is 0.455. The molecule has 96 valence electrons. The predicted octanol–water partition coefficient (Wildman–Crippen LogP) is 0.833. The topological polar surface area (TPSA) is 85.8 Å². The van der Waals surface area contributed by atoms with Crippen LogP contribution in [0.2, 0.25) is 0 Å². The maximum atomic E-state index is 12.0. The predicted molar refractivity (Wildman–Crippen MR) is 62.8 cm³/mol. The molecule has 0 saturated carbocycles. The van der Waals surface area contributed by atoms with Crippen molar-refractivity contribution < 1.29 is 9.21 Å². The van der Waals surface area contributed by atoms with Gasteiger partial charge in [0.1, 0.15) is 5.69 Å². The van der Waals surface area contributed by atoms with Crippen LogP contribution in [0.5, 0.6) is 0 Å². The number of aryl methyl sites for hydroxylation is 3. The molecule has 7 heteroatoms. The van der Waals surface area contributed by atoms with Crippen LogP contribution in [0.15, 0.2) is 10.5 Å². The van der Waals surface area contributed by atoms with Gasteiger partial charge in [0.15, 0.2) is 0 Å². The van der Waals surface area contributed by atoms with Crippen molar-refractivity contribution in [2.75, 3.05) is 0 Å². The first kappa shape index (κ1) is 12.3. The van der Waals surface area contributed by atoms with Crippen LogP contribution in [0.25, 0.3) is 0 Å². The molecule has 0 fully saturated rings. The molecule has 0 atom stereocenters. The Kier molecular flexibility index (Phi) is 3.40. The van der Waals surface area contributed by atoms with Gasteiger partial charge in [-0.05, 0) is 19.9 Å². The molecule has 2 aromatic rings. The molecule has 0 aliphatic rings. The Morgan fingerprint density at radius 1 is 1.44 bits per heavy atom. The summed E-state index contributed by atoms with van der Waals surface area (Å²) in [5, 5.41) is 14.4. The van der Waals surface area contributed by atoms with Crippen molar-refractivity contribution >= 4 is 5.91 Å². The summed E-state index contributed by atoms with van der Waals surface area (Å²) in [5.41, 5.74) is 1.35. The smallest absolute Gasteiger partial charge is 0.269 e. The number of nitrogens with zero attached hydrogens (tertiary/aromatic N) is 4. The van der Waals surface area contributed by atoms with Crippen molar-refractivity contribution in [3.63, 3.8) is 0 Å². The number of hydrogen-bond donors (Lipinski definition) is 1. The number of nitrogens with one attached hydrogen (secondary N) is 1. The van der Waals surface area contributed by atoms with Gasteiger partial charge in [-0.2, -0.15) is 5.10 Å². The zero-order chi connectivity index (χ0) is 13.1. The molecule has 0 aliphatic heterocycles. The van der Waals surface area contributed by atoms with E-state index >= 15 is 0 Å². The van der Waals surface area contributed by atoms with Gasteiger partial charge in [0.25, 0.3) is 5.91 Å². The highest BCUT2D eigenvalue weighted by molar-refractivity contribution is 5.92. The molecule has 0 saturated heterocycles. The SMILES string of the molecule is CCn1nc(C)cc1C(=O)NCc1nnc(C)o1. The van der Waals surface area contributed by atoms with Crippen LogP contribution in [-0.4, -0.2) is 25.9 Å². The zero-order valence-electron chi connectivity index (χ0n) is 10.6. The average molecular weight is 249 g/mol. The van der Waals surface area contributed by atoms with Gasteiger partial charge in [0.2, 0.25) is 11.8 Å². The molecule has 0 radical (unpaired) electrons. The number of carbonyl (C=O) groups is 1. The van der Waals surface area contributed by atoms with Crippen molar-refractivity contribution in [3.05, 3.63) is 29.2 Å². The summed E-state index contributed by atoms with van der Waals surface area (Å²) >= 11 is 0. The Hall–Kier alpha value is -2.18. The molecular weight excluding hydrogens is 234 g/mol. The lowest BCUT2D eigenvalue weighted by atomic mass is 10.3. The fourth-order valence-corrected chi connectivity index (χ4v) is 1.62. The summed E-state index contributed by atoms with van der Waals surface area (Å²) in [6.07, 6.45) is 0. The van der Waals surface area contributed by atoms with Gasteiger partial charge in [-0.25, -0.2) is 0 Å². The van der Waals surface area contributed by atoms with E-state index in [2.05, 4.69) is 20.6 Å². The van der Waals surface area contributed by atoms with Crippen LogP contribution in [0, 0.1) is 13.8 Å². The lowest BCUT2D eigenvalue weighted by Crippen LogP contribution is -2.25. The first-order valence-corrected chi connectivity index (χ1v) is 5.71. The molecular formula is C11H15N5O2. The van der Waals surface area contributed by atoms with Gasteiger partial charge in [0, 0.05) is 13.5 Å². The van der Waals surface area contributed by atoms with Gasteiger partial charge >= 0.3 is 0 Å². The maximum Gasteiger partial charge on any atom is 0.269 e. The second-order valence-corrected chi connectivity index (χ2v) is 3.88. The minimum Gasteiger partial charge on any atom is -0.424 e. The van der Waals surface area contributed by atoms with E-state index in [1.807, 2.05) is 13.8 Å². The number of carbonyl (C=O) groups excluding carboxylic acids is 1. The minimum atomic E-state index is -0.201. The highest BCUT2D eigenvalue weighted by atomic mass is 16.4. The maximum absolute atomic E-state index is 12.0. The van der Waals surface area contributed by atoms with Gasteiger partial charge in [0.05, 0.1) is 12.2 Å². The molecule has 2 heterocycles. The first-order chi connectivity index (χ1) is 8.60. The summed E-state index contributed by atoms with van der Waals surface area (Å²) in [7, 11) is 0. The number of aromatic nitrogens is 4. The Morgan fingerprint density at radius 2 is 2.22 bits per heavy atom. The van der Waals surface area contributed by atoms with E-state index in [9.17, 15) is 4.79 Å². The lowest BCUT2D eigenvalue weighted by Gasteiger charge is -2.04. The van der Waals surface area contributed by atoms with E-state index in [0.29, 0.717) is 24.0 Å². The molecule has 0 unspecified atom stereocenters. The zero-order valence-corrected chi connectivity index (χ0v) is 10.6. The lowest BCUT2D eigenvalue weighted by molar-refractivity contribution is 0.0936. The summed E-state index contributed by atoms with van der Waals surface area (Å²) in [6, 6.07) is 1.75. The molecule has 0 aromatic carbocycles. The van der Waals surface area contributed by atoms with Gasteiger partial charge in [-0.3, -0.25) is 9.48 Å². The third-order valence-corrected chi connectivity index (χ3v) is 2.40. The summed E-state index contributed by atoms with van der Waals surface area (Å²) < 4.78 is 6.83. The van der Waals surface area contributed by atoms with Crippen molar-refractivity contribution in [2.24, 2.45) is 0 Å². The molecule has 1 amide bonds. The molecule has 0 aliphatic carbocycles. The Morgan fingerprint density at radius 3 is 2.83 bits per heavy atom. The second-order valence-electron chi connectivity index (χ2n) is 3.88. The van der Waals surface area contributed by atoms with E-state index in [4.69, 9.17) is 4.42 Å². The Labute approximate surface area is 104 Å². The summed E-state index contributed by atoms with van der Waals surface area (Å²) in [6.45, 7) is 6.35. The third-order valence-electron chi connectivity index (χ3n) is 2.40. The molecule has 7 nitrogen and oxygen atoms in total. The van der Waals surface area contributed by atoms with Crippen LogP contribution in [-0.2, 0) is 13.1 Å². The van der Waals surface area contributed by atoms with E-state index in [1.165, 1.54) is 0 Å². The third kappa shape index (κ3) is 2.55. The van der Waals surface area contributed by atoms with E-state index in [1.54, 1.807) is 17.7 Å². The summed E-state index contributed by atoms with van der Waals surface area (Å²) in [4.78, 5) is 12.0. The largest absolute Gasteiger partial charge is 0.424 e. The monoisotopic (exact) mass is 249 g/mol. The van der Waals surface area contributed by atoms with Gasteiger partial charge in [-0.1, -0.05) is 0 Å². The second kappa shape index (κ2) is 4.99. The average Bonchev–Trinajstić information content (AvgIpc) is 2.92. The van der Waals surface area contributed by atoms with E-state index < -0.39 is 0 Å². The van der Waals surface area contributed by atoms with Crippen LogP contribution in [0.1, 0.15) is 34.9 Å². The molecule has 1 N–H and O–H groups in total. The fourth-order valence-electron chi connectivity index (χ4n) is 1.62. The number of amides is 1. The minimum absolute atomic E-state index is 0.201. The van der Waals surface area contributed by atoms with Crippen LogP contribution in [0.4, 0.5) is 0 Å². The van der Waals surface area contributed by atoms with E-state index in [-0.39, 0.29) is 12.5 Å². The van der Waals surface area contributed by atoms with Crippen molar-refractivity contribution in [1.29, 1.82) is 0 Å². The standard InChI is InChI=1S/C11H15N5O2/c1-4-16-9(5-7(2)15-16)11(17)12-6-10-14-13-8(3)18-10/h5H,4,6H2,1-3H3,(H,12,17). The number of hydrogen-bond acceptors (Lipinski definition) is 5. The van der Waals surface area contributed by atoms with Gasteiger partial charge in [-0.15, -0.1) is 10.2 Å². The highest BCUT2D eigenvalue weighted by Crippen LogP contribution is 2.04. The normalized spacial score (nSPS) is 10.6. The first-order valence-electron chi connectivity index (χ1n) is 5.71. The van der Waals surface area contributed by atoms with Crippen LogP contribution in [0.3, 0.4) is 0 Å². The number of rotatable bonds is 4. The molecule has 18 heavy (non-hydrogen) atoms. The van der Waals surface area contributed by atoms with Crippen molar-refractivity contribution in [3.8, 4) is 0 Å². The van der Waals surface area contributed by atoms with E-state index in [0.717, 1.165) is 5.69 Å². The highest BCUT2D eigenvalue weighted by Gasteiger charge is 2.13. The van der Waals surface area contributed by atoms with Gasteiger partial charge < -0.3 is 9.73 Å². The summed E-state index contributed by atoms with van der Waals surface area (Å²) in [5.74, 6) is 0.669. The van der Waals surface area contributed by atoms with Crippen molar-refractivity contribution in [1.82, 2.24) is 25.3 Å². The quantitative estimate of drug-likeness (QED) is 0.867. The molecule has 0 spiro atoms. The molecule has 2 rings (SSSR count). The van der Waals surface area contributed by atoms with Crippen LogP contribution >= 0.6 is 0 Å². The molecule has 2 aromatic heterocycles. The van der Waals surface area contributed by atoms with Crippen LogP contribution < -0.4 is 5.32 Å². The Balaban J connectivity index is 2.03. The van der Waals surface area contributed by atoms with Crippen molar-refractivity contribution in [2.45, 2.75) is 33.9 Å². The molecule has 0 bridgehead atoms. The Bertz CT molecular complexity index is 558.